The van der Waals surface area contributed by atoms with Crippen LogP contribution in [0.4, 0.5) is 5.69 Å². The van der Waals surface area contributed by atoms with Crippen LogP contribution >= 0.6 is 23.2 Å². The molecule has 0 aliphatic carbocycles. The maximum atomic E-state index is 13.0. The number of halogens is 2. The molecule has 0 saturated heterocycles. The van der Waals surface area contributed by atoms with E-state index in [4.69, 9.17) is 27.9 Å². The van der Waals surface area contributed by atoms with Crippen LogP contribution < -0.4 is 14.9 Å². The molecule has 7 nitrogen and oxygen atoms in total. The van der Waals surface area contributed by atoms with Gasteiger partial charge in [0.1, 0.15) is 16.7 Å². The quantitative estimate of drug-likeness (QED) is 0.262. The van der Waals surface area contributed by atoms with Crippen LogP contribution in [0.25, 0.3) is 0 Å². The van der Waals surface area contributed by atoms with Crippen LogP contribution in [-0.4, -0.2) is 20.0 Å². The highest BCUT2D eigenvalue weighted by atomic mass is 35.5. The van der Waals surface area contributed by atoms with Gasteiger partial charge in [-0.3, -0.25) is 9.52 Å². The number of anilines is 1. The highest BCUT2D eigenvalue weighted by molar-refractivity contribution is 7.92. The second-order valence-corrected chi connectivity index (χ2v) is 11.0. The number of nitrogens with zero attached hydrogens (tertiary/aromatic N) is 1. The number of benzene rings is 4. The van der Waals surface area contributed by atoms with Gasteiger partial charge in [-0.05, 0) is 60.2 Å². The van der Waals surface area contributed by atoms with E-state index < -0.39 is 15.9 Å². The summed E-state index contributed by atoms with van der Waals surface area (Å²) in [7, 11) is -4.08. The van der Waals surface area contributed by atoms with Gasteiger partial charge in [0, 0.05) is 28.3 Å². The Hall–Kier alpha value is -3.85. The average Bonchev–Trinajstić information content (AvgIpc) is 2.93. The van der Waals surface area contributed by atoms with Gasteiger partial charge in [-0.2, -0.15) is 5.10 Å². The third kappa shape index (κ3) is 5.67. The summed E-state index contributed by atoms with van der Waals surface area (Å²) in [6.07, 6.45) is 0.167. The average molecular weight is 566 g/mol. The molecule has 192 valence electrons. The number of ether oxygens (including phenoxy) is 1. The number of carbonyl (C=O) groups is 1. The standard InChI is InChI=1S/C28H21Cl2N3O4S/c29-20-11-13-21(14-12-20)33-38(35,36)27-16-19(10-15-23(27)30)28(34)32-31-24-17-26(18-6-2-1-3-7-18)37-25-9-5-4-8-22(24)25/h1-16,26,33H,17H2,(H,32,34)/b31-24+/t26-/m0/s1. The van der Waals surface area contributed by atoms with Crippen molar-refractivity contribution in [2.24, 2.45) is 5.10 Å². The molecule has 0 radical (unpaired) electrons. The fourth-order valence-corrected chi connectivity index (χ4v) is 5.72. The van der Waals surface area contributed by atoms with E-state index in [0.29, 0.717) is 28.6 Å². The zero-order valence-electron chi connectivity index (χ0n) is 19.8. The first kappa shape index (κ1) is 25.8. The zero-order valence-corrected chi connectivity index (χ0v) is 22.1. The predicted octanol–water partition coefficient (Wildman–Crippen LogP) is 6.45. The number of amides is 1. The third-order valence-corrected chi connectivity index (χ3v) is 8.00. The Labute approximate surface area is 230 Å². The van der Waals surface area contributed by atoms with E-state index in [9.17, 15) is 13.2 Å². The van der Waals surface area contributed by atoms with E-state index >= 15 is 0 Å². The van der Waals surface area contributed by atoms with Crippen molar-refractivity contribution >= 4 is 50.5 Å². The van der Waals surface area contributed by atoms with Gasteiger partial charge >= 0.3 is 0 Å². The summed E-state index contributed by atoms with van der Waals surface area (Å²) in [5.41, 5.74) is 5.34. The molecule has 4 aromatic rings. The van der Waals surface area contributed by atoms with Crippen LogP contribution in [-0.2, 0) is 10.0 Å². The van der Waals surface area contributed by atoms with Crippen LogP contribution in [0, 0.1) is 0 Å². The Morgan fingerprint density at radius 2 is 1.61 bits per heavy atom. The van der Waals surface area contributed by atoms with Gasteiger partial charge in [0.2, 0.25) is 0 Å². The first-order valence-corrected chi connectivity index (χ1v) is 13.8. The lowest BCUT2D eigenvalue weighted by atomic mass is 9.96. The highest BCUT2D eigenvalue weighted by Gasteiger charge is 2.26. The van der Waals surface area contributed by atoms with Crippen LogP contribution in [0.2, 0.25) is 10.0 Å². The Balaban J connectivity index is 1.39. The highest BCUT2D eigenvalue weighted by Crippen LogP contribution is 2.35. The SMILES string of the molecule is O=C(N/N=C1\C[C@@H](c2ccccc2)Oc2ccccc21)c1ccc(Cl)c(S(=O)(=O)Nc2ccc(Cl)cc2)c1. The summed E-state index contributed by atoms with van der Waals surface area (Å²) < 4.78 is 34.6. The van der Waals surface area contributed by atoms with Gasteiger partial charge in [-0.1, -0.05) is 65.7 Å². The van der Waals surface area contributed by atoms with Gasteiger partial charge in [0.15, 0.2) is 0 Å². The van der Waals surface area contributed by atoms with Gasteiger partial charge in [0.05, 0.1) is 10.7 Å². The van der Waals surface area contributed by atoms with Crippen molar-refractivity contribution in [2.75, 3.05) is 4.72 Å². The lowest BCUT2D eigenvalue weighted by molar-refractivity contribution is 0.0954. The van der Waals surface area contributed by atoms with Gasteiger partial charge in [-0.25, -0.2) is 13.8 Å². The summed E-state index contributed by atoms with van der Waals surface area (Å²) in [4.78, 5) is 12.8. The summed E-state index contributed by atoms with van der Waals surface area (Å²) in [5, 5.41) is 4.83. The van der Waals surface area contributed by atoms with Crippen LogP contribution in [0.15, 0.2) is 107 Å². The summed E-state index contributed by atoms with van der Waals surface area (Å²) >= 11 is 12.1. The van der Waals surface area contributed by atoms with Crippen molar-refractivity contribution in [3.05, 3.63) is 124 Å². The number of nitrogens with one attached hydrogen (secondary N) is 2. The molecule has 10 heteroatoms. The lowest BCUT2D eigenvalue weighted by Crippen LogP contribution is -2.25. The van der Waals surface area contributed by atoms with Crippen molar-refractivity contribution in [2.45, 2.75) is 17.4 Å². The van der Waals surface area contributed by atoms with Gasteiger partial charge in [0.25, 0.3) is 15.9 Å². The molecule has 38 heavy (non-hydrogen) atoms. The number of fused-ring (bicyclic) bond motifs is 1. The number of rotatable bonds is 6. The fraction of sp³-hybridized carbons (Fsp3) is 0.0714. The van der Waals surface area contributed by atoms with E-state index in [1.54, 1.807) is 12.1 Å². The third-order valence-electron chi connectivity index (χ3n) is 5.89. The molecule has 4 aromatic carbocycles. The Kier molecular flexibility index (Phi) is 7.37. The van der Waals surface area contributed by atoms with Crippen molar-refractivity contribution in [1.29, 1.82) is 0 Å². The minimum atomic E-state index is -4.08. The zero-order chi connectivity index (χ0) is 26.7. The van der Waals surface area contributed by atoms with E-state index in [1.807, 2.05) is 54.6 Å². The molecule has 0 bridgehead atoms. The second-order valence-electron chi connectivity index (χ2n) is 8.47. The number of sulfonamides is 1. The van der Waals surface area contributed by atoms with Crippen molar-refractivity contribution in [3.63, 3.8) is 0 Å². The minimum absolute atomic E-state index is 0.0293. The maximum absolute atomic E-state index is 13.0. The fourth-order valence-electron chi connectivity index (χ4n) is 4.01. The van der Waals surface area contributed by atoms with Gasteiger partial charge < -0.3 is 4.74 Å². The number of para-hydroxylation sites is 1. The topological polar surface area (TPSA) is 96.9 Å². The molecule has 5 rings (SSSR count). The number of hydrogen-bond acceptors (Lipinski definition) is 5. The van der Waals surface area contributed by atoms with Crippen molar-refractivity contribution in [3.8, 4) is 5.75 Å². The normalized spacial score (nSPS) is 15.8. The van der Waals surface area contributed by atoms with E-state index in [2.05, 4.69) is 15.2 Å². The molecule has 0 aromatic heterocycles. The largest absolute Gasteiger partial charge is 0.485 e. The number of hydrogen-bond donors (Lipinski definition) is 2. The Bertz CT molecular complexity index is 1630. The van der Waals surface area contributed by atoms with Crippen LogP contribution in [0.5, 0.6) is 5.75 Å². The molecule has 1 atom stereocenters. The molecule has 0 fully saturated rings. The van der Waals surface area contributed by atoms with Crippen LogP contribution in [0.3, 0.4) is 0 Å². The second kappa shape index (κ2) is 10.9. The molecule has 2 N–H and O–H groups in total. The van der Waals surface area contributed by atoms with Crippen molar-refractivity contribution in [1.82, 2.24) is 5.43 Å². The molecule has 1 heterocycles. The molecular weight excluding hydrogens is 545 g/mol. The summed E-state index contributed by atoms with van der Waals surface area (Å²) in [6.45, 7) is 0. The summed E-state index contributed by atoms with van der Waals surface area (Å²) in [5.74, 6) is 0.0751. The van der Waals surface area contributed by atoms with E-state index in [-0.39, 0.29) is 21.6 Å². The first-order valence-electron chi connectivity index (χ1n) is 11.6. The van der Waals surface area contributed by atoms with Crippen molar-refractivity contribution < 1.29 is 17.9 Å². The summed E-state index contributed by atoms with van der Waals surface area (Å²) in [6, 6.07) is 27.4. The minimum Gasteiger partial charge on any atom is -0.485 e. The monoisotopic (exact) mass is 565 g/mol. The Morgan fingerprint density at radius 1 is 0.895 bits per heavy atom. The van der Waals surface area contributed by atoms with Gasteiger partial charge in [-0.15, -0.1) is 0 Å². The van der Waals surface area contributed by atoms with E-state index in [1.165, 1.54) is 30.3 Å². The first-order chi connectivity index (χ1) is 18.3. The van der Waals surface area contributed by atoms with Crippen LogP contribution in [0.1, 0.15) is 34.0 Å². The molecule has 0 unspecified atom stereocenters. The molecule has 1 amide bonds. The number of carbonyl (C=O) groups excluding carboxylic acids is 1. The molecule has 1 aliphatic heterocycles. The van der Waals surface area contributed by atoms with E-state index in [0.717, 1.165) is 11.1 Å². The molecule has 0 spiro atoms. The molecular formula is C28H21Cl2N3O4S. The maximum Gasteiger partial charge on any atom is 0.271 e. The molecule has 0 saturated carbocycles. The predicted molar refractivity (Wildman–Crippen MR) is 149 cm³/mol. The Morgan fingerprint density at radius 3 is 2.37 bits per heavy atom. The lowest BCUT2D eigenvalue weighted by Gasteiger charge is -2.27. The smallest absolute Gasteiger partial charge is 0.271 e. The number of hydrazone groups is 1. The molecule has 1 aliphatic rings.